The summed E-state index contributed by atoms with van der Waals surface area (Å²) in [5.74, 6) is 0. The quantitative estimate of drug-likeness (QED) is 0.845. The maximum absolute atomic E-state index is 6.06. The van der Waals surface area contributed by atoms with E-state index in [9.17, 15) is 0 Å². The van der Waals surface area contributed by atoms with Gasteiger partial charge in [-0.3, -0.25) is 0 Å². The topological polar surface area (TPSA) is 38.9 Å². The summed E-state index contributed by atoms with van der Waals surface area (Å²) in [4.78, 5) is 4.68. The lowest BCUT2D eigenvalue weighted by Crippen LogP contribution is -2.33. The van der Waals surface area contributed by atoms with Gasteiger partial charge in [0.15, 0.2) is 0 Å². The zero-order valence-electron chi connectivity index (χ0n) is 10.6. The van der Waals surface area contributed by atoms with Crippen LogP contribution in [0.4, 0.5) is 0 Å². The van der Waals surface area contributed by atoms with Crippen LogP contribution in [0.1, 0.15) is 23.9 Å². The van der Waals surface area contributed by atoms with Crippen LogP contribution >= 0.6 is 11.3 Å². The lowest BCUT2D eigenvalue weighted by Gasteiger charge is -2.21. The minimum atomic E-state index is -0.212. The van der Waals surface area contributed by atoms with Gasteiger partial charge in [0.25, 0.3) is 0 Å². The number of nitrogens with two attached hydrogens (primary N) is 1. The molecule has 0 aliphatic heterocycles. The molecule has 1 heterocycles. The van der Waals surface area contributed by atoms with Crippen LogP contribution in [0.15, 0.2) is 36.4 Å². The monoisotopic (exact) mass is 256 g/mol. The molecule has 2 aromatic rings. The summed E-state index contributed by atoms with van der Waals surface area (Å²) >= 11 is 1.75. The van der Waals surface area contributed by atoms with Gasteiger partial charge in [0.05, 0.1) is 10.2 Å². The Morgan fingerprint density at radius 3 is 2.94 bits per heavy atom. The van der Waals surface area contributed by atoms with E-state index in [1.807, 2.05) is 6.92 Å². The molecular weight excluding hydrogens is 240 g/mol. The zero-order chi connectivity index (χ0) is 12.8. The van der Waals surface area contributed by atoms with Crippen molar-refractivity contribution < 1.29 is 0 Å². The molecule has 1 aromatic heterocycles. The van der Waals surface area contributed by atoms with Gasteiger partial charge in [0.2, 0.25) is 0 Å². The summed E-state index contributed by atoms with van der Waals surface area (Å²) in [6.07, 6.45) is 7.21. The summed E-state index contributed by atoms with van der Waals surface area (Å²) in [5, 5.41) is 1.09. The molecule has 0 radical (unpaired) electrons. The summed E-state index contributed by atoms with van der Waals surface area (Å²) in [7, 11) is 0. The minimum absolute atomic E-state index is 0.212. The van der Waals surface area contributed by atoms with E-state index in [-0.39, 0.29) is 5.54 Å². The van der Waals surface area contributed by atoms with Crippen molar-refractivity contribution in [1.29, 1.82) is 0 Å². The molecule has 0 saturated carbocycles. The van der Waals surface area contributed by atoms with Gasteiger partial charge in [-0.25, -0.2) is 4.98 Å². The number of aromatic nitrogens is 1. The van der Waals surface area contributed by atoms with Crippen LogP contribution in [0.25, 0.3) is 15.8 Å². The van der Waals surface area contributed by atoms with E-state index in [1.54, 1.807) is 11.3 Å². The number of thiazole rings is 1. The third kappa shape index (κ3) is 2.11. The summed E-state index contributed by atoms with van der Waals surface area (Å²) < 4.78 is 1.25. The molecule has 3 rings (SSSR count). The van der Waals surface area contributed by atoms with E-state index in [4.69, 9.17) is 5.73 Å². The maximum atomic E-state index is 6.06. The Kier molecular flexibility index (Phi) is 2.61. The molecule has 2 N–H and O–H groups in total. The van der Waals surface area contributed by atoms with Crippen molar-refractivity contribution in [3.63, 3.8) is 0 Å². The number of nitrogens with zero attached hydrogens (tertiary/aromatic N) is 1. The Morgan fingerprint density at radius 2 is 2.22 bits per heavy atom. The van der Waals surface area contributed by atoms with Gasteiger partial charge in [-0.15, -0.1) is 11.3 Å². The number of fused-ring (bicyclic) bond motifs is 1. The molecule has 2 nitrogen and oxygen atoms in total. The average Bonchev–Trinajstić information content (AvgIpc) is 2.71. The molecule has 92 valence electrons. The van der Waals surface area contributed by atoms with E-state index in [1.165, 1.54) is 15.8 Å². The average molecular weight is 256 g/mol. The first-order valence-corrected chi connectivity index (χ1v) is 6.91. The molecule has 0 spiro atoms. The van der Waals surface area contributed by atoms with Crippen LogP contribution in [0.2, 0.25) is 0 Å². The van der Waals surface area contributed by atoms with Gasteiger partial charge >= 0.3 is 0 Å². The van der Waals surface area contributed by atoms with Crippen LogP contribution in [-0.2, 0) is 0 Å². The van der Waals surface area contributed by atoms with Crippen molar-refractivity contribution in [2.45, 2.75) is 25.8 Å². The van der Waals surface area contributed by atoms with Crippen LogP contribution in [0.5, 0.6) is 0 Å². The van der Waals surface area contributed by atoms with Crippen molar-refractivity contribution in [1.82, 2.24) is 4.98 Å². The van der Waals surface area contributed by atoms with Crippen molar-refractivity contribution in [2.75, 3.05) is 0 Å². The fourth-order valence-corrected chi connectivity index (χ4v) is 3.14. The summed E-state index contributed by atoms with van der Waals surface area (Å²) in [6, 6.07) is 6.38. The lowest BCUT2D eigenvalue weighted by atomic mass is 9.92. The van der Waals surface area contributed by atoms with Crippen molar-refractivity contribution in [3.8, 4) is 0 Å². The highest BCUT2D eigenvalue weighted by atomic mass is 32.1. The van der Waals surface area contributed by atoms with E-state index in [0.717, 1.165) is 16.9 Å². The van der Waals surface area contributed by atoms with Gasteiger partial charge in [-0.2, -0.15) is 0 Å². The molecule has 1 atom stereocenters. The Labute approximate surface area is 111 Å². The minimum Gasteiger partial charge on any atom is -0.322 e. The molecule has 1 aliphatic rings. The highest BCUT2D eigenvalue weighted by molar-refractivity contribution is 7.19. The molecule has 0 bridgehead atoms. The molecule has 1 aromatic carbocycles. The van der Waals surface area contributed by atoms with Crippen molar-refractivity contribution in [2.24, 2.45) is 5.73 Å². The van der Waals surface area contributed by atoms with Gasteiger partial charge in [-0.1, -0.05) is 24.3 Å². The van der Waals surface area contributed by atoms with Gasteiger partial charge < -0.3 is 5.73 Å². The zero-order valence-corrected chi connectivity index (χ0v) is 11.4. The number of hydrogen-bond donors (Lipinski definition) is 1. The first kappa shape index (κ1) is 11.6. The van der Waals surface area contributed by atoms with Crippen LogP contribution in [0.3, 0.4) is 0 Å². The SMILES string of the molecule is Cc1ccc2nc(C3=CCC(C)(N)C=C3)sc2c1. The van der Waals surface area contributed by atoms with Gasteiger partial charge in [0, 0.05) is 11.1 Å². The number of allylic oxidation sites excluding steroid dienone is 2. The largest absolute Gasteiger partial charge is 0.322 e. The molecule has 3 heteroatoms. The second kappa shape index (κ2) is 4.04. The van der Waals surface area contributed by atoms with Crippen LogP contribution in [0, 0.1) is 6.92 Å². The smallest absolute Gasteiger partial charge is 0.124 e. The normalized spacial score (nSPS) is 23.4. The second-order valence-corrected chi connectivity index (χ2v) is 6.22. The summed E-state index contributed by atoms with van der Waals surface area (Å²) in [6.45, 7) is 4.15. The first-order chi connectivity index (χ1) is 8.53. The highest BCUT2D eigenvalue weighted by Gasteiger charge is 2.18. The van der Waals surface area contributed by atoms with Gasteiger partial charge in [-0.05, 0) is 38.0 Å². The third-order valence-corrected chi connectivity index (χ3v) is 4.26. The molecule has 0 saturated heterocycles. The Balaban J connectivity index is 2.01. The predicted octanol–water partition coefficient (Wildman–Crippen LogP) is 3.67. The highest BCUT2D eigenvalue weighted by Crippen LogP contribution is 2.31. The fraction of sp³-hybridized carbons (Fsp3) is 0.267. The first-order valence-electron chi connectivity index (χ1n) is 6.09. The van der Waals surface area contributed by atoms with Crippen LogP contribution in [-0.4, -0.2) is 10.5 Å². The molecule has 0 fully saturated rings. The number of aryl methyl sites for hydroxylation is 1. The number of benzene rings is 1. The maximum Gasteiger partial charge on any atom is 0.124 e. The molecule has 1 unspecified atom stereocenters. The second-order valence-electron chi connectivity index (χ2n) is 5.19. The van der Waals surface area contributed by atoms with Crippen molar-refractivity contribution in [3.05, 3.63) is 47.0 Å². The van der Waals surface area contributed by atoms with E-state index < -0.39 is 0 Å². The molecular formula is C15H16N2S. The van der Waals surface area contributed by atoms with Crippen LogP contribution < -0.4 is 5.73 Å². The number of hydrogen-bond acceptors (Lipinski definition) is 3. The van der Waals surface area contributed by atoms with E-state index >= 15 is 0 Å². The van der Waals surface area contributed by atoms with Crippen molar-refractivity contribution >= 4 is 27.1 Å². The summed E-state index contributed by atoms with van der Waals surface area (Å²) in [5.41, 5.74) is 9.40. The molecule has 1 aliphatic carbocycles. The fourth-order valence-electron chi connectivity index (χ4n) is 2.06. The van der Waals surface area contributed by atoms with E-state index in [0.29, 0.717) is 0 Å². The number of rotatable bonds is 1. The Morgan fingerprint density at radius 1 is 1.39 bits per heavy atom. The Hall–Kier alpha value is -1.45. The van der Waals surface area contributed by atoms with Gasteiger partial charge in [0.1, 0.15) is 5.01 Å². The molecule has 18 heavy (non-hydrogen) atoms. The third-order valence-electron chi connectivity index (χ3n) is 3.20. The van der Waals surface area contributed by atoms with E-state index in [2.05, 4.69) is 48.3 Å². The Bertz CT molecular complexity index is 662. The lowest BCUT2D eigenvalue weighted by molar-refractivity contribution is 0.591. The molecule has 0 amide bonds. The standard InChI is InChI=1S/C15H16N2S/c1-10-3-4-12-13(9-10)18-14(17-12)11-5-7-15(2,16)8-6-11/h3-7,9H,8,16H2,1-2H3. The predicted molar refractivity (Wildman–Crippen MR) is 78.7 cm³/mol.